The highest BCUT2D eigenvalue weighted by Crippen LogP contribution is 2.27. The second kappa shape index (κ2) is 7.50. The lowest BCUT2D eigenvalue weighted by atomic mass is 9.84. The fourth-order valence-corrected chi connectivity index (χ4v) is 4.25. The molecule has 0 bridgehead atoms. The number of hydrogen-bond acceptors (Lipinski definition) is 4. The highest BCUT2D eigenvalue weighted by atomic mass is 16.1. The molecule has 2 heterocycles. The Morgan fingerprint density at radius 1 is 0.515 bits per heavy atom. The lowest BCUT2D eigenvalue weighted by molar-refractivity contribution is 0.0979. The van der Waals surface area contributed by atoms with Gasteiger partial charge in [-0.1, -0.05) is 78.9 Å². The van der Waals surface area contributed by atoms with Crippen LogP contribution in [0.1, 0.15) is 31.8 Å². The minimum atomic E-state index is -0.0641. The van der Waals surface area contributed by atoms with Crippen LogP contribution in [0.3, 0.4) is 0 Å². The molecule has 0 atom stereocenters. The SMILES string of the molecule is O=C1c2ccccc2C(=O)c2ccccc21.c1ccc2nc3c(nc2c1)[nH]c1ccccc13. The molecule has 156 valence electrons. The minimum absolute atomic E-state index is 0.0641. The van der Waals surface area contributed by atoms with Crippen molar-refractivity contribution in [1.82, 2.24) is 15.0 Å². The number of nitrogens with one attached hydrogen (secondary N) is 1. The van der Waals surface area contributed by atoms with Crippen LogP contribution in [0.5, 0.6) is 0 Å². The van der Waals surface area contributed by atoms with Gasteiger partial charge in [-0.05, 0) is 18.2 Å². The zero-order chi connectivity index (χ0) is 22.4. The Morgan fingerprint density at radius 3 is 1.55 bits per heavy atom. The van der Waals surface area contributed by atoms with Crippen LogP contribution >= 0.6 is 0 Å². The first-order valence-electron chi connectivity index (χ1n) is 10.6. The van der Waals surface area contributed by atoms with Crippen LogP contribution in [-0.4, -0.2) is 26.5 Å². The monoisotopic (exact) mass is 427 g/mol. The van der Waals surface area contributed by atoms with Crippen molar-refractivity contribution in [2.75, 3.05) is 0 Å². The molecule has 2 aromatic heterocycles. The number of carbonyl (C=O) groups excluding carboxylic acids is 2. The summed E-state index contributed by atoms with van der Waals surface area (Å²) in [6.45, 7) is 0. The Balaban J connectivity index is 0.000000125. The van der Waals surface area contributed by atoms with Gasteiger partial charge in [0, 0.05) is 33.2 Å². The summed E-state index contributed by atoms with van der Waals surface area (Å²) in [5.41, 5.74) is 6.76. The van der Waals surface area contributed by atoms with Crippen molar-refractivity contribution in [3.63, 3.8) is 0 Å². The predicted molar refractivity (Wildman–Crippen MR) is 129 cm³/mol. The molecular weight excluding hydrogens is 410 g/mol. The lowest BCUT2D eigenvalue weighted by Crippen LogP contribution is -2.20. The van der Waals surface area contributed by atoms with E-state index in [2.05, 4.69) is 21.0 Å². The number of carbonyl (C=O) groups is 2. The third kappa shape index (κ3) is 3.10. The number of benzene rings is 4. The van der Waals surface area contributed by atoms with Gasteiger partial charge >= 0.3 is 0 Å². The molecule has 6 aromatic rings. The van der Waals surface area contributed by atoms with Gasteiger partial charge in [0.1, 0.15) is 5.52 Å². The molecule has 5 heteroatoms. The third-order valence-corrected chi connectivity index (χ3v) is 5.84. The summed E-state index contributed by atoms with van der Waals surface area (Å²) in [5.74, 6) is -0.128. The zero-order valence-electron chi connectivity index (χ0n) is 17.4. The van der Waals surface area contributed by atoms with E-state index in [1.165, 1.54) is 0 Å². The van der Waals surface area contributed by atoms with E-state index in [0.717, 1.165) is 33.1 Å². The Kier molecular flexibility index (Phi) is 4.33. The van der Waals surface area contributed by atoms with E-state index in [0.29, 0.717) is 22.3 Å². The van der Waals surface area contributed by atoms with E-state index in [9.17, 15) is 9.59 Å². The molecule has 0 saturated heterocycles. The van der Waals surface area contributed by atoms with Crippen LogP contribution < -0.4 is 0 Å². The summed E-state index contributed by atoms with van der Waals surface area (Å²) in [6.07, 6.45) is 0. The fraction of sp³-hybridized carbons (Fsp3) is 0. The molecule has 0 aliphatic heterocycles. The molecule has 1 N–H and O–H groups in total. The van der Waals surface area contributed by atoms with E-state index in [1.807, 2.05) is 42.5 Å². The number of nitrogens with zero attached hydrogens (tertiary/aromatic N) is 2. The number of ketones is 2. The molecule has 0 unspecified atom stereocenters. The Labute approximate surface area is 188 Å². The molecule has 1 aliphatic carbocycles. The van der Waals surface area contributed by atoms with E-state index < -0.39 is 0 Å². The van der Waals surface area contributed by atoms with E-state index in [4.69, 9.17) is 0 Å². The smallest absolute Gasteiger partial charge is 0.194 e. The first-order valence-corrected chi connectivity index (χ1v) is 10.6. The van der Waals surface area contributed by atoms with Crippen LogP contribution in [0.4, 0.5) is 0 Å². The van der Waals surface area contributed by atoms with Gasteiger partial charge in [0.15, 0.2) is 17.2 Å². The third-order valence-electron chi connectivity index (χ3n) is 5.84. The van der Waals surface area contributed by atoms with Gasteiger partial charge in [-0.3, -0.25) is 9.59 Å². The van der Waals surface area contributed by atoms with Gasteiger partial charge in [0.05, 0.1) is 11.0 Å². The maximum atomic E-state index is 12.1. The summed E-state index contributed by atoms with van der Waals surface area (Å²) in [5, 5.41) is 1.13. The lowest BCUT2D eigenvalue weighted by Gasteiger charge is -2.16. The van der Waals surface area contributed by atoms with Crippen molar-refractivity contribution in [3.05, 3.63) is 119 Å². The van der Waals surface area contributed by atoms with Crippen LogP contribution in [0.25, 0.3) is 33.1 Å². The Hall–Kier alpha value is -4.64. The van der Waals surface area contributed by atoms with Crippen molar-refractivity contribution in [1.29, 1.82) is 0 Å². The van der Waals surface area contributed by atoms with Crippen molar-refractivity contribution >= 4 is 44.7 Å². The highest BCUT2D eigenvalue weighted by Gasteiger charge is 2.28. The fourth-order valence-electron chi connectivity index (χ4n) is 4.25. The van der Waals surface area contributed by atoms with Crippen molar-refractivity contribution in [3.8, 4) is 0 Å². The van der Waals surface area contributed by atoms with E-state index in [-0.39, 0.29) is 11.6 Å². The zero-order valence-corrected chi connectivity index (χ0v) is 17.4. The quantitative estimate of drug-likeness (QED) is 0.336. The van der Waals surface area contributed by atoms with Crippen LogP contribution in [0, 0.1) is 0 Å². The van der Waals surface area contributed by atoms with Gasteiger partial charge < -0.3 is 4.98 Å². The standard InChI is InChI=1S/C14H9N3.C14H8O2/c1-2-6-10-9(5-1)13-14(16-10)17-12-8-4-3-7-11(12)15-13;15-13-9-5-1-2-6-10(9)14(16)12-8-4-3-7-11(12)13/h1-8H,(H,16,17);1-8H. The van der Waals surface area contributed by atoms with Crippen molar-refractivity contribution in [2.24, 2.45) is 0 Å². The first-order chi connectivity index (χ1) is 16.2. The second-order valence-electron chi connectivity index (χ2n) is 7.83. The van der Waals surface area contributed by atoms with Gasteiger partial charge in [0.25, 0.3) is 0 Å². The van der Waals surface area contributed by atoms with Crippen LogP contribution in [-0.2, 0) is 0 Å². The van der Waals surface area contributed by atoms with Gasteiger partial charge in [-0.25, -0.2) is 9.97 Å². The van der Waals surface area contributed by atoms with Gasteiger partial charge in [-0.2, -0.15) is 0 Å². The number of aromatic nitrogens is 3. The molecular formula is C28H17N3O2. The number of para-hydroxylation sites is 3. The molecule has 0 saturated carbocycles. The molecule has 4 aromatic carbocycles. The Bertz CT molecular complexity index is 1600. The van der Waals surface area contributed by atoms with Crippen LogP contribution in [0.2, 0.25) is 0 Å². The molecule has 0 spiro atoms. The molecule has 0 amide bonds. The first kappa shape index (κ1) is 19.1. The molecule has 33 heavy (non-hydrogen) atoms. The summed E-state index contributed by atoms with van der Waals surface area (Å²) in [7, 11) is 0. The average Bonchev–Trinajstić information content (AvgIpc) is 3.24. The molecule has 5 nitrogen and oxygen atoms in total. The largest absolute Gasteiger partial charge is 0.338 e. The summed E-state index contributed by atoms with van der Waals surface area (Å²) in [6, 6.07) is 30.0. The van der Waals surface area contributed by atoms with Crippen molar-refractivity contribution < 1.29 is 9.59 Å². The molecule has 1 aliphatic rings. The normalized spacial score (nSPS) is 12.4. The number of aromatic amines is 1. The van der Waals surface area contributed by atoms with Gasteiger partial charge in [0.2, 0.25) is 0 Å². The van der Waals surface area contributed by atoms with E-state index in [1.54, 1.807) is 48.5 Å². The predicted octanol–water partition coefficient (Wildman–Crippen LogP) is 5.73. The Morgan fingerprint density at radius 2 is 0.970 bits per heavy atom. The number of fused-ring (bicyclic) bond motifs is 6. The highest BCUT2D eigenvalue weighted by molar-refractivity contribution is 6.28. The van der Waals surface area contributed by atoms with Gasteiger partial charge in [-0.15, -0.1) is 0 Å². The number of hydrogen-bond donors (Lipinski definition) is 1. The summed E-state index contributed by atoms with van der Waals surface area (Å²) in [4.78, 5) is 36.8. The number of rotatable bonds is 0. The maximum absolute atomic E-state index is 12.1. The van der Waals surface area contributed by atoms with E-state index >= 15 is 0 Å². The topological polar surface area (TPSA) is 75.7 Å². The van der Waals surface area contributed by atoms with Crippen molar-refractivity contribution in [2.45, 2.75) is 0 Å². The molecule has 0 fully saturated rings. The maximum Gasteiger partial charge on any atom is 0.194 e. The van der Waals surface area contributed by atoms with Crippen LogP contribution in [0.15, 0.2) is 97.1 Å². The molecule has 7 rings (SSSR count). The summed E-state index contributed by atoms with van der Waals surface area (Å²) < 4.78 is 0. The average molecular weight is 427 g/mol. The molecule has 0 radical (unpaired) electrons. The summed E-state index contributed by atoms with van der Waals surface area (Å²) >= 11 is 0. The number of H-pyrrole nitrogens is 1. The second-order valence-corrected chi connectivity index (χ2v) is 7.83. The minimum Gasteiger partial charge on any atom is -0.338 e.